The number of hydrogen-bond donors (Lipinski definition) is 1. The Kier molecular flexibility index (Phi) is 2.80. The summed E-state index contributed by atoms with van der Waals surface area (Å²) in [5, 5.41) is 7.25. The number of rotatable bonds is 2. The van der Waals surface area contributed by atoms with E-state index < -0.39 is 0 Å². The van der Waals surface area contributed by atoms with Crippen molar-refractivity contribution >= 4 is 11.5 Å². The molecule has 0 aliphatic rings. The minimum Gasteiger partial charge on any atom is -0.315 e. The van der Waals surface area contributed by atoms with Crippen molar-refractivity contribution in [3.8, 4) is 0 Å². The lowest BCUT2D eigenvalue weighted by Crippen LogP contribution is -2.16. The van der Waals surface area contributed by atoms with E-state index in [0.717, 1.165) is 12.2 Å². The maximum atomic E-state index is 4.13. The highest BCUT2D eigenvalue weighted by Crippen LogP contribution is 2.25. The molecule has 0 spiro atoms. The van der Waals surface area contributed by atoms with Crippen molar-refractivity contribution < 1.29 is 0 Å². The van der Waals surface area contributed by atoms with Crippen LogP contribution >= 0.6 is 11.5 Å². The van der Waals surface area contributed by atoms with Crippen molar-refractivity contribution in [2.24, 2.45) is 0 Å². The molecular formula is C8H15N3S. The first-order valence-corrected chi connectivity index (χ1v) is 4.79. The van der Waals surface area contributed by atoms with Gasteiger partial charge >= 0.3 is 0 Å². The predicted molar refractivity (Wildman–Crippen MR) is 51.4 cm³/mol. The van der Waals surface area contributed by atoms with Crippen LogP contribution in [0, 0.1) is 0 Å². The van der Waals surface area contributed by atoms with Crippen molar-refractivity contribution in [1.29, 1.82) is 0 Å². The first-order chi connectivity index (χ1) is 5.55. The molecule has 1 heterocycles. The molecular weight excluding hydrogens is 170 g/mol. The summed E-state index contributed by atoms with van der Waals surface area (Å²) < 4.78 is 3.96. The Balaban J connectivity index is 2.91. The normalized spacial score (nSPS) is 12.0. The van der Waals surface area contributed by atoms with Crippen LogP contribution < -0.4 is 5.32 Å². The maximum Gasteiger partial charge on any atom is 0.0854 e. The molecule has 0 bridgehead atoms. The molecule has 1 N–H and O–H groups in total. The van der Waals surface area contributed by atoms with E-state index in [1.165, 1.54) is 16.4 Å². The van der Waals surface area contributed by atoms with Gasteiger partial charge < -0.3 is 5.32 Å². The van der Waals surface area contributed by atoms with Gasteiger partial charge in [0.15, 0.2) is 0 Å². The number of hydrogen-bond acceptors (Lipinski definition) is 4. The molecule has 0 fully saturated rings. The van der Waals surface area contributed by atoms with Crippen molar-refractivity contribution in [2.75, 3.05) is 7.05 Å². The summed E-state index contributed by atoms with van der Waals surface area (Å²) in [6.45, 7) is 7.33. The number of nitrogens with one attached hydrogen (secondary N) is 1. The van der Waals surface area contributed by atoms with Gasteiger partial charge in [0.05, 0.1) is 10.6 Å². The number of nitrogens with zero attached hydrogens (tertiary/aromatic N) is 2. The standard InChI is InChI=1S/C8H15N3S/c1-8(2,3)7-6(5-9-4)12-11-10-7/h9H,5H2,1-4H3. The Labute approximate surface area is 77.4 Å². The third-order valence-electron chi connectivity index (χ3n) is 1.60. The van der Waals surface area contributed by atoms with Crippen LogP contribution in [0.3, 0.4) is 0 Å². The van der Waals surface area contributed by atoms with Crippen LogP contribution in [0.15, 0.2) is 0 Å². The highest BCUT2D eigenvalue weighted by Gasteiger charge is 2.21. The predicted octanol–water partition coefficient (Wildman–Crippen LogP) is 1.55. The van der Waals surface area contributed by atoms with E-state index in [1.54, 1.807) is 0 Å². The molecule has 0 radical (unpaired) electrons. The smallest absolute Gasteiger partial charge is 0.0854 e. The van der Waals surface area contributed by atoms with Gasteiger partial charge in [-0.2, -0.15) is 0 Å². The van der Waals surface area contributed by atoms with E-state index in [1.807, 2.05) is 7.05 Å². The van der Waals surface area contributed by atoms with Crippen LogP contribution in [-0.2, 0) is 12.0 Å². The first-order valence-electron chi connectivity index (χ1n) is 4.02. The molecule has 0 amide bonds. The van der Waals surface area contributed by atoms with E-state index in [9.17, 15) is 0 Å². The van der Waals surface area contributed by atoms with E-state index in [0.29, 0.717) is 0 Å². The van der Waals surface area contributed by atoms with Gasteiger partial charge in [-0.15, -0.1) is 5.10 Å². The highest BCUT2D eigenvalue weighted by atomic mass is 32.1. The molecule has 0 aliphatic heterocycles. The Morgan fingerprint density at radius 1 is 1.42 bits per heavy atom. The zero-order valence-electron chi connectivity index (χ0n) is 8.01. The highest BCUT2D eigenvalue weighted by molar-refractivity contribution is 7.05. The summed E-state index contributed by atoms with van der Waals surface area (Å²) in [6.07, 6.45) is 0. The zero-order valence-corrected chi connectivity index (χ0v) is 8.83. The Hall–Kier alpha value is -0.480. The molecule has 1 aromatic heterocycles. The van der Waals surface area contributed by atoms with Crippen molar-refractivity contribution in [3.05, 3.63) is 10.6 Å². The van der Waals surface area contributed by atoms with Gasteiger partial charge in [-0.05, 0) is 18.6 Å². The fraction of sp³-hybridized carbons (Fsp3) is 0.750. The Morgan fingerprint density at radius 3 is 2.58 bits per heavy atom. The van der Waals surface area contributed by atoms with Gasteiger partial charge in [-0.1, -0.05) is 25.3 Å². The Morgan fingerprint density at radius 2 is 2.08 bits per heavy atom. The van der Waals surface area contributed by atoms with E-state index >= 15 is 0 Å². The zero-order chi connectivity index (χ0) is 9.19. The summed E-state index contributed by atoms with van der Waals surface area (Å²) in [5.74, 6) is 0. The van der Waals surface area contributed by atoms with Crippen molar-refractivity contribution in [1.82, 2.24) is 14.9 Å². The van der Waals surface area contributed by atoms with Crippen LogP contribution in [0.4, 0.5) is 0 Å². The molecule has 3 nitrogen and oxygen atoms in total. The van der Waals surface area contributed by atoms with Gasteiger partial charge in [0.25, 0.3) is 0 Å². The Bertz CT molecular complexity index is 249. The van der Waals surface area contributed by atoms with Crippen LogP contribution in [0.1, 0.15) is 31.3 Å². The SMILES string of the molecule is CNCc1snnc1C(C)(C)C. The lowest BCUT2D eigenvalue weighted by atomic mass is 9.91. The lowest BCUT2D eigenvalue weighted by Gasteiger charge is -2.16. The van der Waals surface area contributed by atoms with Crippen LogP contribution in [0.5, 0.6) is 0 Å². The van der Waals surface area contributed by atoms with E-state index in [-0.39, 0.29) is 5.41 Å². The maximum absolute atomic E-state index is 4.13. The summed E-state index contributed by atoms with van der Waals surface area (Å²) in [6, 6.07) is 0. The van der Waals surface area contributed by atoms with Gasteiger partial charge in [0.2, 0.25) is 0 Å². The summed E-state index contributed by atoms with van der Waals surface area (Å²) in [5.41, 5.74) is 1.22. The molecule has 0 unspecified atom stereocenters. The van der Waals surface area contributed by atoms with Gasteiger partial charge in [0, 0.05) is 12.0 Å². The molecule has 1 aromatic rings. The third kappa shape index (κ3) is 2.01. The largest absolute Gasteiger partial charge is 0.315 e. The minimum atomic E-state index is 0.110. The van der Waals surface area contributed by atoms with Gasteiger partial charge in [0.1, 0.15) is 0 Å². The van der Waals surface area contributed by atoms with Crippen LogP contribution in [-0.4, -0.2) is 16.6 Å². The molecule has 0 atom stereocenters. The summed E-state index contributed by atoms with van der Waals surface area (Å²) >= 11 is 1.48. The molecule has 0 saturated carbocycles. The van der Waals surface area contributed by atoms with Crippen molar-refractivity contribution in [3.63, 3.8) is 0 Å². The minimum absolute atomic E-state index is 0.110. The quantitative estimate of drug-likeness (QED) is 0.759. The molecule has 0 aromatic carbocycles. The lowest BCUT2D eigenvalue weighted by molar-refractivity contribution is 0.557. The third-order valence-corrected chi connectivity index (χ3v) is 2.33. The molecule has 68 valence electrons. The van der Waals surface area contributed by atoms with E-state index in [4.69, 9.17) is 0 Å². The molecule has 4 heteroatoms. The molecule has 0 saturated heterocycles. The second-order valence-electron chi connectivity index (χ2n) is 3.83. The first kappa shape index (κ1) is 9.61. The van der Waals surface area contributed by atoms with E-state index in [2.05, 4.69) is 35.7 Å². The second kappa shape index (κ2) is 3.49. The van der Waals surface area contributed by atoms with Crippen molar-refractivity contribution in [2.45, 2.75) is 32.7 Å². The monoisotopic (exact) mass is 185 g/mol. The second-order valence-corrected chi connectivity index (χ2v) is 4.66. The summed E-state index contributed by atoms with van der Waals surface area (Å²) in [4.78, 5) is 1.24. The average molecular weight is 185 g/mol. The summed E-state index contributed by atoms with van der Waals surface area (Å²) in [7, 11) is 1.94. The van der Waals surface area contributed by atoms with Crippen LogP contribution in [0.2, 0.25) is 0 Å². The molecule has 0 aliphatic carbocycles. The topological polar surface area (TPSA) is 37.8 Å². The van der Waals surface area contributed by atoms with Gasteiger partial charge in [-0.3, -0.25) is 0 Å². The van der Waals surface area contributed by atoms with Crippen LogP contribution in [0.25, 0.3) is 0 Å². The fourth-order valence-corrected chi connectivity index (χ4v) is 1.92. The molecule has 1 rings (SSSR count). The number of aromatic nitrogens is 2. The average Bonchev–Trinajstić information content (AvgIpc) is 2.34. The fourth-order valence-electron chi connectivity index (χ4n) is 1.05. The molecule has 12 heavy (non-hydrogen) atoms. The van der Waals surface area contributed by atoms with Gasteiger partial charge in [-0.25, -0.2) is 0 Å².